The van der Waals surface area contributed by atoms with Crippen molar-refractivity contribution in [1.29, 1.82) is 0 Å². The molecule has 0 amide bonds. The monoisotopic (exact) mass is 395 g/mol. The van der Waals surface area contributed by atoms with Crippen LogP contribution in [0.15, 0.2) is 47.4 Å². The van der Waals surface area contributed by atoms with E-state index in [0.717, 1.165) is 18.6 Å². The largest absolute Gasteiger partial charge is 0.390 e. The maximum Gasteiger partial charge on any atom is 0.240 e. The molecule has 0 bridgehead atoms. The summed E-state index contributed by atoms with van der Waals surface area (Å²) in [4.78, 5) is 0.0838. The van der Waals surface area contributed by atoms with Gasteiger partial charge in [-0.15, -0.1) is 0 Å². The summed E-state index contributed by atoms with van der Waals surface area (Å²) in [5.74, 6) is -1.32. The molecule has 27 heavy (non-hydrogen) atoms. The molecular formula is C20H23F2NO3S. The summed E-state index contributed by atoms with van der Waals surface area (Å²) < 4.78 is 54.8. The highest BCUT2D eigenvalue weighted by molar-refractivity contribution is 7.89. The lowest BCUT2D eigenvalue weighted by molar-refractivity contribution is 0.0193. The molecule has 0 spiro atoms. The normalized spacial score (nSPS) is 20.8. The molecule has 1 saturated carbocycles. The Morgan fingerprint density at radius 3 is 2.30 bits per heavy atom. The van der Waals surface area contributed by atoms with Crippen LogP contribution in [0.25, 0.3) is 11.1 Å². The Morgan fingerprint density at radius 1 is 1.07 bits per heavy atom. The molecule has 2 atom stereocenters. The number of hydrogen-bond donors (Lipinski definition) is 2. The summed E-state index contributed by atoms with van der Waals surface area (Å²) in [5.41, 5.74) is -0.160. The van der Waals surface area contributed by atoms with E-state index < -0.39 is 27.3 Å². The van der Waals surface area contributed by atoms with Crippen LogP contribution in [0.4, 0.5) is 8.78 Å². The van der Waals surface area contributed by atoms with Crippen LogP contribution in [0.5, 0.6) is 0 Å². The topological polar surface area (TPSA) is 66.4 Å². The van der Waals surface area contributed by atoms with Gasteiger partial charge in [-0.05, 0) is 68.9 Å². The third kappa shape index (κ3) is 4.54. The third-order valence-electron chi connectivity index (χ3n) is 5.16. The molecule has 1 aliphatic rings. The van der Waals surface area contributed by atoms with E-state index in [1.807, 2.05) is 0 Å². The number of rotatable bonds is 5. The number of nitrogens with one attached hydrogen (secondary N) is 1. The molecule has 3 rings (SSSR count). The van der Waals surface area contributed by atoms with E-state index in [0.29, 0.717) is 18.4 Å². The average Bonchev–Trinajstić information content (AvgIpc) is 3.03. The van der Waals surface area contributed by atoms with Crippen LogP contribution < -0.4 is 4.72 Å². The molecule has 1 aliphatic carbocycles. The highest BCUT2D eigenvalue weighted by atomic mass is 32.2. The molecule has 146 valence electrons. The van der Waals surface area contributed by atoms with E-state index in [9.17, 15) is 22.3 Å². The van der Waals surface area contributed by atoms with Crippen molar-refractivity contribution in [2.75, 3.05) is 0 Å². The quantitative estimate of drug-likeness (QED) is 0.808. The number of sulfonamides is 1. The van der Waals surface area contributed by atoms with Gasteiger partial charge in [-0.2, -0.15) is 0 Å². The second-order valence-electron chi connectivity index (χ2n) is 7.63. The summed E-state index contributed by atoms with van der Waals surface area (Å²) in [7, 11) is -3.71. The van der Waals surface area contributed by atoms with Gasteiger partial charge in [0.1, 0.15) is 11.6 Å². The zero-order valence-electron chi connectivity index (χ0n) is 15.2. The molecule has 0 saturated heterocycles. The highest BCUT2D eigenvalue weighted by Gasteiger charge is 2.36. The zero-order chi connectivity index (χ0) is 19.8. The molecule has 2 unspecified atom stereocenters. The van der Waals surface area contributed by atoms with Crippen molar-refractivity contribution in [2.45, 2.75) is 49.6 Å². The fourth-order valence-electron chi connectivity index (χ4n) is 3.55. The fourth-order valence-corrected chi connectivity index (χ4v) is 4.84. The van der Waals surface area contributed by atoms with Gasteiger partial charge in [0.15, 0.2) is 0 Å². The highest BCUT2D eigenvalue weighted by Crippen LogP contribution is 2.34. The summed E-state index contributed by atoms with van der Waals surface area (Å²) in [6.07, 6.45) is 2.02. The molecule has 1 fully saturated rings. The van der Waals surface area contributed by atoms with Gasteiger partial charge < -0.3 is 5.11 Å². The number of halogens is 2. The number of aliphatic hydroxyl groups is 1. The molecule has 2 aromatic rings. The SMILES string of the molecule is CC(C)(O)C1CCC(NS(=O)(=O)c2ccc(-c3ccc(F)cc3F)cc2)C1. The lowest BCUT2D eigenvalue weighted by Gasteiger charge is -2.25. The van der Waals surface area contributed by atoms with Crippen molar-refractivity contribution in [3.63, 3.8) is 0 Å². The summed E-state index contributed by atoms with van der Waals surface area (Å²) in [6, 6.07) is 8.86. The van der Waals surface area contributed by atoms with Gasteiger partial charge in [-0.1, -0.05) is 12.1 Å². The van der Waals surface area contributed by atoms with Gasteiger partial charge >= 0.3 is 0 Å². The Morgan fingerprint density at radius 2 is 1.74 bits per heavy atom. The second kappa shape index (κ2) is 7.30. The standard InChI is InChI=1S/C20H23F2NO3S/c1-20(2,24)14-5-7-16(11-14)23-27(25,26)17-8-3-13(4-9-17)18-10-6-15(21)12-19(18)22/h3-4,6,8-10,12,14,16,23-24H,5,7,11H2,1-2H3. The van der Waals surface area contributed by atoms with Crippen LogP contribution in [0.2, 0.25) is 0 Å². The van der Waals surface area contributed by atoms with Gasteiger partial charge in [0.05, 0.1) is 10.5 Å². The second-order valence-corrected chi connectivity index (χ2v) is 9.34. The predicted octanol–water partition coefficient (Wildman–Crippen LogP) is 3.85. The zero-order valence-corrected chi connectivity index (χ0v) is 16.1. The Labute approximate surface area is 158 Å². The fraction of sp³-hybridized carbons (Fsp3) is 0.400. The molecule has 7 heteroatoms. The minimum Gasteiger partial charge on any atom is -0.390 e. The van der Waals surface area contributed by atoms with E-state index >= 15 is 0 Å². The summed E-state index contributed by atoms with van der Waals surface area (Å²) in [6.45, 7) is 3.48. The van der Waals surface area contributed by atoms with Gasteiger partial charge in [-0.25, -0.2) is 21.9 Å². The third-order valence-corrected chi connectivity index (χ3v) is 6.70. The molecule has 0 radical (unpaired) electrons. The molecule has 0 heterocycles. The first-order chi connectivity index (χ1) is 12.6. The first-order valence-electron chi connectivity index (χ1n) is 8.86. The van der Waals surface area contributed by atoms with E-state index in [1.54, 1.807) is 13.8 Å². The van der Waals surface area contributed by atoms with E-state index in [-0.39, 0.29) is 22.4 Å². The van der Waals surface area contributed by atoms with Gasteiger partial charge in [-0.3, -0.25) is 0 Å². The first-order valence-corrected chi connectivity index (χ1v) is 10.3. The minimum atomic E-state index is -3.71. The first kappa shape index (κ1) is 19.9. The minimum absolute atomic E-state index is 0.0500. The van der Waals surface area contributed by atoms with Crippen LogP contribution >= 0.6 is 0 Å². The van der Waals surface area contributed by atoms with Gasteiger partial charge in [0.2, 0.25) is 10.0 Å². The Hall–Kier alpha value is -1.83. The van der Waals surface area contributed by atoms with Gasteiger partial charge in [0.25, 0.3) is 0 Å². The summed E-state index contributed by atoms with van der Waals surface area (Å²) in [5, 5.41) is 10.1. The van der Waals surface area contributed by atoms with Crippen molar-refractivity contribution < 1.29 is 22.3 Å². The lowest BCUT2D eigenvalue weighted by Crippen LogP contribution is -2.35. The van der Waals surface area contributed by atoms with Crippen LogP contribution in [0.3, 0.4) is 0 Å². The number of benzene rings is 2. The maximum atomic E-state index is 13.9. The van der Waals surface area contributed by atoms with Crippen molar-refractivity contribution >= 4 is 10.0 Å². The van der Waals surface area contributed by atoms with Crippen LogP contribution in [0, 0.1) is 17.6 Å². The van der Waals surface area contributed by atoms with Gasteiger partial charge in [0, 0.05) is 17.7 Å². The van der Waals surface area contributed by atoms with Crippen molar-refractivity contribution in [3.05, 3.63) is 54.1 Å². The van der Waals surface area contributed by atoms with E-state index in [2.05, 4.69) is 4.72 Å². The van der Waals surface area contributed by atoms with E-state index in [4.69, 9.17) is 0 Å². The van der Waals surface area contributed by atoms with Crippen molar-refractivity contribution in [3.8, 4) is 11.1 Å². The molecule has 2 aromatic carbocycles. The van der Waals surface area contributed by atoms with Crippen LogP contribution in [-0.4, -0.2) is 25.2 Å². The van der Waals surface area contributed by atoms with E-state index in [1.165, 1.54) is 30.3 Å². The van der Waals surface area contributed by atoms with Crippen LogP contribution in [0.1, 0.15) is 33.1 Å². The maximum absolute atomic E-state index is 13.9. The molecular weight excluding hydrogens is 372 g/mol. The molecule has 2 N–H and O–H groups in total. The average molecular weight is 395 g/mol. The number of hydrogen-bond acceptors (Lipinski definition) is 3. The predicted molar refractivity (Wildman–Crippen MR) is 99.5 cm³/mol. The Kier molecular flexibility index (Phi) is 5.38. The molecule has 4 nitrogen and oxygen atoms in total. The lowest BCUT2D eigenvalue weighted by atomic mass is 9.90. The Bertz CT molecular complexity index is 921. The van der Waals surface area contributed by atoms with Crippen LogP contribution in [-0.2, 0) is 10.0 Å². The summed E-state index contributed by atoms with van der Waals surface area (Å²) >= 11 is 0. The van der Waals surface area contributed by atoms with Crippen molar-refractivity contribution in [1.82, 2.24) is 4.72 Å². The van der Waals surface area contributed by atoms with Crippen molar-refractivity contribution in [2.24, 2.45) is 5.92 Å². The Balaban J connectivity index is 1.74. The smallest absolute Gasteiger partial charge is 0.240 e. The molecule has 0 aliphatic heterocycles. The molecule has 0 aromatic heterocycles.